The highest BCUT2D eigenvalue weighted by Crippen LogP contribution is 2.37. The van der Waals surface area contributed by atoms with Crippen LogP contribution in [0.3, 0.4) is 0 Å². The van der Waals surface area contributed by atoms with Crippen LogP contribution in [0.1, 0.15) is 63.1 Å². The molecule has 1 atom stereocenters. The van der Waals surface area contributed by atoms with Crippen LogP contribution in [0.15, 0.2) is 63.6 Å². The molecule has 1 unspecified atom stereocenters. The molecule has 178 valence electrons. The van der Waals surface area contributed by atoms with Crippen LogP contribution in [-0.2, 0) is 6.42 Å². The van der Waals surface area contributed by atoms with Crippen molar-refractivity contribution in [2.45, 2.75) is 57.4 Å². The van der Waals surface area contributed by atoms with Crippen LogP contribution in [-0.4, -0.2) is 33.0 Å². The van der Waals surface area contributed by atoms with Gasteiger partial charge in [0.2, 0.25) is 5.82 Å². The zero-order chi connectivity index (χ0) is 24.1. The average Bonchev–Trinajstić information content (AvgIpc) is 3.35. The average molecular weight is 493 g/mol. The summed E-state index contributed by atoms with van der Waals surface area (Å²) in [5, 5.41) is 8.62. The third-order valence-electron chi connectivity index (χ3n) is 6.31. The summed E-state index contributed by atoms with van der Waals surface area (Å²) in [5.41, 5.74) is 5.42. The van der Waals surface area contributed by atoms with Gasteiger partial charge in [0.1, 0.15) is 0 Å². The fraction of sp³-hybridized carbons (Fsp3) is 0.370. The summed E-state index contributed by atoms with van der Waals surface area (Å²) in [5.74, 6) is 1.12. The molecule has 0 aliphatic carbocycles. The van der Waals surface area contributed by atoms with Crippen molar-refractivity contribution in [3.63, 3.8) is 0 Å². The van der Waals surface area contributed by atoms with Gasteiger partial charge in [-0.2, -0.15) is 4.98 Å². The molecule has 0 bridgehead atoms. The number of thioether (sulfide) groups is 1. The van der Waals surface area contributed by atoms with Crippen molar-refractivity contribution in [3.05, 3.63) is 71.2 Å². The van der Waals surface area contributed by atoms with Crippen LogP contribution in [0.2, 0.25) is 0 Å². The Labute approximate surface area is 212 Å². The van der Waals surface area contributed by atoms with E-state index in [1.807, 2.05) is 12.1 Å². The van der Waals surface area contributed by atoms with Crippen molar-refractivity contribution in [3.8, 4) is 11.4 Å². The molecule has 2 aromatic carbocycles. The molecule has 0 fully saturated rings. The second kappa shape index (κ2) is 11.2. The third-order valence-corrected chi connectivity index (χ3v) is 7.39. The summed E-state index contributed by atoms with van der Waals surface area (Å²) in [6, 6.07) is 16.8. The number of nitrogens with one attached hydrogen (secondary N) is 1. The molecule has 1 aromatic heterocycles. The maximum absolute atomic E-state index is 5.86. The lowest BCUT2D eigenvalue weighted by Crippen LogP contribution is -2.46. The fourth-order valence-electron chi connectivity index (χ4n) is 4.23. The number of rotatable bonds is 9. The van der Waals surface area contributed by atoms with Gasteiger partial charge < -0.3 is 14.7 Å². The highest BCUT2D eigenvalue weighted by molar-refractivity contribution is 7.98. The molecule has 3 aromatic rings. The van der Waals surface area contributed by atoms with E-state index >= 15 is 0 Å². The molecule has 5 nitrogen and oxygen atoms in total. The number of unbranched alkanes of at least 4 members (excludes halogenated alkanes) is 2. The van der Waals surface area contributed by atoms with Gasteiger partial charge in [-0.25, -0.2) is 0 Å². The first kappa shape index (κ1) is 24.5. The first-order valence-electron chi connectivity index (χ1n) is 11.9. The van der Waals surface area contributed by atoms with Crippen LogP contribution in [0, 0.1) is 0 Å². The molecule has 0 amide bonds. The Balaban J connectivity index is 1.74. The zero-order valence-electron chi connectivity index (χ0n) is 20.3. The lowest BCUT2D eigenvalue weighted by atomic mass is 9.93. The van der Waals surface area contributed by atoms with Gasteiger partial charge in [-0.15, -0.1) is 11.8 Å². The topological polar surface area (TPSA) is 54.2 Å². The van der Waals surface area contributed by atoms with Crippen LogP contribution < -0.4 is 5.32 Å². The molecule has 0 saturated carbocycles. The van der Waals surface area contributed by atoms with Gasteiger partial charge in [0.05, 0.1) is 11.6 Å². The van der Waals surface area contributed by atoms with Gasteiger partial charge in [0.15, 0.2) is 5.11 Å². The number of thiocarbonyl (C=S) groups is 1. The second-order valence-corrected chi connectivity index (χ2v) is 9.75. The van der Waals surface area contributed by atoms with Crippen molar-refractivity contribution >= 4 is 34.7 Å². The third kappa shape index (κ3) is 5.20. The fourth-order valence-corrected chi connectivity index (χ4v) is 4.99. The molecule has 34 heavy (non-hydrogen) atoms. The Morgan fingerprint density at radius 1 is 1.06 bits per heavy atom. The Hall–Kier alpha value is -2.64. The van der Waals surface area contributed by atoms with E-state index in [0.29, 0.717) is 11.7 Å². The van der Waals surface area contributed by atoms with Gasteiger partial charge in [0.25, 0.3) is 5.89 Å². The summed E-state index contributed by atoms with van der Waals surface area (Å²) in [6.45, 7) is 7.35. The Morgan fingerprint density at radius 2 is 1.79 bits per heavy atom. The standard InChI is InChI=1S/C27H32N4OS2/c1-5-7-8-17-31-18(3)23(24(28-27(31)33)20-11-9-19(6-2)10-12-20)26-29-25(30-32-26)21-13-15-22(34-4)16-14-21/h9-16,24H,5-8,17H2,1-4H3,(H,28,33). The Bertz CT molecular complexity index is 1150. The summed E-state index contributed by atoms with van der Waals surface area (Å²) in [6.07, 6.45) is 6.48. The van der Waals surface area contributed by atoms with Gasteiger partial charge >= 0.3 is 0 Å². The van der Waals surface area contributed by atoms with E-state index in [-0.39, 0.29) is 6.04 Å². The van der Waals surface area contributed by atoms with Crippen LogP contribution in [0.5, 0.6) is 0 Å². The lowest BCUT2D eigenvalue weighted by Gasteiger charge is -2.37. The van der Waals surface area contributed by atoms with Gasteiger partial charge in [0, 0.05) is 22.7 Å². The highest BCUT2D eigenvalue weighted by atomic mass is 32.2. The van der Waals surface area contributed by atoms with Gasteiger partial charge in [-0.1, -0.05) is 56.1 Å². The normalized spacial score (nSPS) is 16.2. The van der Waals surface area contributed by atoms with Gasteiger partial charge in [-0.05, 0) is 73.6 Å². The molecule has 0 saturated heterocycles. The zero-order valence-corrected chi connectivity index (χ0v) is 21.9. The molecular weight excluding hydrogens is 460 g/mol. The molecule has 1 aliphatic heterocycles. The summed E-state index contributed by atoms with van der Waals surface area (Å²) < 4.78 is 5.86. The maximum Gasteiger partial charge on any atom is 0.258 e. The lowest BCUT2D eigenvalue weighted by molar-refractivity contribution is 0.395. The van der Waals surface area contributed by atoms with E-state index in [1.165, 1.54) is 23.3 Å². The van der Waals surface area contributed by atoms with Crippen molar-refractivity contribution in [2.75, 3.05) is 12.8 Å². The summed E-state index contributed by atoms with van der Waals surface area (Å²) in [7, 11) is 0. The molecular formula is C27H32N4OS2. The predicted octanol–water partition coefficient (Wildman–Crippen LogP) is 6.87. The molecule has 2 heterocycles. The molecule has 1 aliphatic rings. The second-order valence-electron chi connectivity index (χ2n) is 8.49. The van der Waals surface area contributed by atoms with Crippen molar-refractivity contribution in [1.82, 2.24) is 20.4 Å². The first-order valence-corrected chi connectivity index (χ1v) is 13.5. The number of nitrogens with zero attached hydrogens (tertiary/aromatic N) is 3. The molecule has 4 rings (SSSR count). The smallest absolute Gasteiger partial charge is 0.258 e. The highest BCUT2D eigenvalue weighted by Gasteiger charge is 2.33. The SMILES string of the molecule is CCCCCN1C(=S)NC(c2ccc(CC)cc2)C(c2nc(-c3ccc(SC)cc3)no2)=C1C. The Morgan fingerprint density at radius 3 is 2.44 bits per heavy atom. The van der Waals surface area contributed by atoms with Crippen molar-refractivity contribution in [2.24, 2.45) is 0 Å². The maximum atomic E-state index is 5.86. The van der Waals surface area contributed by atoms with E-state index in [2.05, 4.69) is 78.8 Å². The molecule has 0 radical (unpaired) electrons. The van der Waals surface area contributed by atoms with E-state index < -0.39 is 0 Å². The quantitative estimate of drug-likeness (QED) is 0.199. The number of hydrogen-bond acceptors (Lipinski definition) is 5. The first-order chi connectivity index (χ1) is 16.5. The largest absolute Gasteiger partial charge is 0.351 e. The van der Waals surface area contributed by atoms with Crippen molar-refractivity contribution < 1.29 is 4.52 Å². The Kier molecular flexibility index (Phi) is 8.06. The molecule has 7 heteroatoms. The summed E-state index contributed by atoms with van der Waals surface area (Å²) >= 11 is 7.51. The number of benzene rings is 2. The predicted molar refractivity (Wildman–Crippen MR) is 145 cm³/mol. The minimum atomic E-state index is -0.145. The minimum absolute atomic E-state index is 0.145. The van der Waals surface area contributed by atoms with Crippen molar-refractivity contribution in [1.29, 1.82) is 0 Å². The van der Waals surface area contributed by atoms with Crippen LogP contribution in [0.4, 0.5) is 0 Å². The van der Waals surface area contributed by atoms with E-state index in [4.69, 9.17) is 21.7 Å². The number of aromatic nitrogens is 2. The van der Waals surface area contributed by atoms with Gasteiger partial charge in [-0.3, -0.25) is 0 Å². The van der Waals surface area contributed by atoms with E-state index in [0.717, 1.165) is 46.9 Å². The number of allylic oxidation sites excluding steroid dienone is 1. The monoisotopic (exact) mass is 492 g/mol. The number of aryl methyl sites for hydroxylation is 1. The minimum Gasteiger partial charge on any atom is -0.351 e. The number of hydrogen-bond donors (Lipinski definition) is 1. The van der Waals surface area contributed by atoms with Crippen LogP contribution in [0.25, 0.3) is 17.0 Å². The molecule has 0 spiro atoms. The van der Waals surface area contributed by atoms with E-state index in [1.54, 1.807) is 11.8 Å². The van der Waals surface area contributed by atoms with Crippen LogP contribution >= 0.6 is 24.0 Å². The van der Waals surface area contributed by atoms with E-state index in [9.17, 15) is 0 Å². The summed E-state index contributed by atoms with van der Waals surface area (Å²) in [4.78, 5) is 8.20. The molecule has 1 N–H and O–H groups in total.